The smallest absolute Gasteiger partial charge is 0.307 e. The summed E-state index contributed by atoms with van der Waals surface area (Å²) in [5, 5.41) is 2.86. The molecule has 3 rings (SSSR count). The van der Waals surface area contributed by atoms with Crippen LogP contribution >= 0.6 is 0 Å². The summed E-state index contributed by atoms with van der Waals surface area (Å²) in [4.78, 5) is 13.1. The molecule has 1 unspecified atom stereocenters. The highest BCUT2D eigenvalue weighted by Crippen LogP contribution is 2.25. The second-order valence-electron chi connectivity index (χ2n) is 5.19. The van der Waals surface area contributed by atoms with Gasteiger partial charge in [0, 0.05) is 19.2 Å². The average molecular weight is 323 g/mol. The highest BCUT2D eigenvalue weighted by molar-refractivity contribution is 7.87. The van der Waals surface area contributed by atoms with E-state index in [2.05, 4.69) is 5.10 Å². The molecule has 1 aliphatic rings. The number of aromatic nitrogens is 2. The molecule has 0 bridgehead atoms. The summed E-state index contributed by atoms with van der Waals surface area (Å²) < 4.78 is 36.5. The van der Waals surface area contributed by atoms with Crippen LogP contribution in [0.5, 0.6) is 0 Å². The van der Waals surface area contributed by atoms with Gasteiger partial charge in [0.1, 0.15) is 5.25 Å². The number of nitrogens with zero attached hydrogens (tertiary/aromatic N) is 3. The number of benzene rings is 1. The molecular formula is C14H14FN3O3S. The molecule has 0 aliphatic carbocycles. The Balaban J connectivity index is 1.75. The maximum Gasteiger partial charge on any atom is 0.307 e. The molecule has 2 heterocycles. The molecule has 1 aromatic carbocycles. The van der Waals surface area contributed by atoms with E-state index in [1.54, 1.807) is 10.9 Å². The Bertz CT molecular complexity index is 789. The lowest BCUT2D eigenvalue weighted by Gasteiger charge is -2.12. The number of amides is 1. The van der Waals surface area contributed by atoms with Gasteiger partial charge in [-0.2, -0.15) is 13.5 Å². The Morgan fingerprint density at radius 2 is 2.00 bits per heavy atom. The van der Waals surface area contributed by atoms with E-state index in [1.807, 2.05) is 30.3 Å². The normalized spacial score (nSPS) is 18.9. The lowest BCUT2D eigenvalue weighted by Crippen LogP contribution is -2.26. The maximum absolute atomic E-state index is 13.0. The molecule has 1 amide bonds. The van der Waals surface area contributed by atoms with Crippen LogP contribution in [0.3, 0.4) is 0 Å². The molecule has 1 fully saturated rings. The standard InChI is InChI=1S/C14H14FN3O3S/c15-22(20,21)13-6-14(19)18(10-13)12-7-16-17(9-12)8-11-4-2-1-3-5-11/h1-5,7,9,13H,6,8,10H2. The summed E-state index contributed by atoms with van der Waals surface area (Å²) in [5.41, 5.74) is 1.53. The van der Waals surface area contributed by atoms with Crippen molar-refractivity contribution < 1.29 is 17.1 Å². The second-order valence-corrected chi connectivity index (χ2v) is 6.81. The van der Waals surface area contributed by atoms with E-state index in [-0.39, 0.29) is 13.0 Å². The van der Waals surface area contributed by atoms with Gasteiger partial charge in [-0.05, 0) is 5.56 Å². The lowest BCUT2D eigenvalue weighted by molar-refractivity contribution is -0.117. The quantitative estimate of drug-likeness (QED) is 0.796. The van der Waals surface area contributed by atoms with Gasteiger partial charge >= 0.3 is 10.2 Å². The van der Waals surface area contributed by atoms with E-state index in [0.717, 1.165) is 5.56 Å². The number of carbonyl (C=O) groups is 1. The second kappa shape index (κ2) is 5.53. The van der Waals surface area contributed by atoms with Crippen LogP contribution in [0.25, 0.3) is 0 Å². The van der Waals surface area contributed by atoms with Crippen LogP contribution in [0.1, 0.15) is 12.0 Å². The molecule has 0 N–H and O–H groups in total. The van der Waals surface area contributed by atoms with E-state index in [0.29, 0.717) is 12.2 Å². The van der Waals surface area contributed by atoms with E-state index in [9.17, 15) is 17.1 Å². The van der Waals surface area contributed by atoms with Crippen molar-refractivity contribution in [3.05, 3.63) is 48.3 Å². The van der Waals surface area contributed by atoms with Crippen molar-refractivity contribution in [2.75, 3.05) is 11.4 Å². The van der Waals surface area contributed by atoms with Crippen LogP contribution in [0.4, 0.5) is 9.57 Å². The first-order valence-electron chi connectivity index (χ1n) is 6.74. The van der Waals surface area contributed by atoms with Crippen molar-refractivity contribution in [3.8, 4) is 0 Å². The van der Waals surface area contributed by atoms with E-state index in [1.165, 1.54) is 11.1 Å². The zero-order valence-corrected chi connectivity index (χ0v) is 12.4. The molecule has 22 heavy (non-hydrogen) atoms. The predicted octanol–water partition coefficient (Wildman–Crippen LogP) is 1.34. The van der Waals surface area contributed by atoms with Crippen LogP contribution in [0.2, 0.25) is 0 Å². The van der Waals surface area contributed by atoms with Gasteiger partial charge in [-0.15, -0.1) is 3.89 Å². The Hall–Kier alpha value is -2.22. The van der Waals surface area contributed by atoms with Crippen LogP contribution in [-0.4, -0.2) is 35.9 Å². The van der Waals surface area contributed by atoms with E-state index < -0.39 is 21.4 Å². The fraction of sp³-hybridized carbons (Fsp3) is 0.286. The third kappa shape index (κ3) is 3.01. The van der Waals surface area contributed by atoms with Crippen LogP contribution in [0, 0.1) is 0 Å². The Kier molecular flexibility index (Phi) is 3.69. The number of carbonyl (C=O) groups excluding carboxylic acids is 1. The third-order valence-corrected chi connectivity index (χ3v) is 4.72. The summed E-state index contributed by atoms with van der Waals surface area (Å²) in [5.74, 6) is -0.412. The van der Waals surface area contributed by atoms with Gasteiger partial charge in [0.2, 0.25) is 5.91 Å². The molecule has 1 atom stereocenters. The molecule has 2 aromatic rings. The maximum atomic E-state index is 13.0. The highest BCUT2D eigenvalue weighted by Gasteiger charge is 2.39. The monoisotopic (exact) mass is 323 g/mol. The molecule has 0 spiro atoms. The molecular weight excluding hydrogens is 309 g/mol. The van der Waals surface area contributed by atoms with Crippen molar-refractivity contribution >= 4 is 21.8 Å². The minimum atomic E-state index is -4.71. The van der Waals surface area contributed by atoms with Gasteiger partial charge in [-0.3, -0.25) is 9.48 Å². The summed E-state index contributed by atoms with van der Waals surface area (Å²) >= 11 is 0. The molecule has 8 heteroatoms. The molecule has 1 aromatic heterocycles. The zero-order valence-electron chi connectivity index (χ0n) is 11.6. The fourth-order valence-corrected chi connectivity index (χ4v) is 3.13. The van der Waals surface area contributed by atoms with Crippen molar-refractivity contribution in [2.45, 2.75) is 18.2 Å². The van der Waals surface area contributed by atoms with Gasteiger partial charge in [0.15, 0.2) is 0 Å². The molecule has 0 radical (unpaired) electrons. The summed E-state index contributed by atoms with van der Waals surface area (Å²) in [7, 11) is -4.71. The average Bonchev–Trinajstić information content (AvgIpc) is 3.06. The van der Waals surface area contributed by atoms with Crippen LogP contribution < -0.4 is 4.90 Å². The SMILES string of the molecule is O=C1CC(S(=O)(=O)F)CN1c1cnn(Cc2ccccc2)c1. The Morgan fingerprint density at radius 3 is 2.64 bits per heavy atom. The summed E-state index contributed by atoms with van der Waals surface area (Å²) in [6.45, 7) is 0.363. The van der Waals surface area contributed by atoms with Crippen molar-refractivity contribution in [2.24, 2.45) is 0 Å². The van der Waals surface area contributed by atoms with Gasteiger partial charge in [-0.25, -0.2) is 0 Å². The first kappa shape index (κ1) is 14.7. The Morgan fingerprint density at radius 1 is 1.27 bits per heavy atom. The van der Waals surface area contributed by atoms with Crippen LogP contribution in [-0.2, 0) is 21.6 Å². The fourth-order valence-electron chi connectivity index (χ4n) is 2.46. The van der Waals surface area contributed by atoms with E-state index >= 15 is 0 Å². The number of hydrogen-bond acceptors (Lipinski definition) is 4. The van der Waals surface area contributed by atoms with Gasteiger partial charge in [0.25, 0.3) is 0 Å². The third-order valence-electron chi connectivity index (χ3n) is 3.61. The Labute approximate surface area is 127 Å². The molecule has 0 saturated carbocycles. The first-order valence-corrected chi connectivity index (χ1v) is 8.18. The van der Waals surface area contributed by atoms with E-state index in [4.69, 9.17) is 0 Å². The van der Waals surface area contributed by atoms with Crippen molar-refractivity contribution in [1.82, 2.24) is 9.78 Å². The highest BCUT2D eigenvalue weighted by atomic mass is 32.3. The number of halogens is 1. The predicted molar refractivity (Wildman–Crippen MR) is 78.6 cm³/mol. The number of hydrogen-bond donors (Lipinski definition) is 0. The molecule has 6 nitrogen and oxygen atoms in total. The largest absolute Gasteiger partial charge is 0.308 e. The van der Waals surface area contributed by atoms with Crippen molar-refractivity contribution in [1.29, 1.82) is 0 Å². The van der Waals surface area contributed by atoms with Crippen LogP contribution in [0.15, 0.2) is 42.7 Å². The number of rotatable bonds is 4. The van der Waals surface area contributed by atoms with Gasteiger partial charge in [-0.1, -0.05) is 30.3 Å². The first-order chi connectivity index (χ1) is 10.4. The van der Waals surface area contributed by atoms with Crippen molar-refractivity contribution in [3.63, 3.8) is 0 Å². The molecule has 1 aliphatic heterocycles. The minimum absolute atomic E-state index is 0.172. The topological polar surface area (TPSA) is 72.3 Å². The summed E-state index contributed by atoms with van der Waals surface area (Å²) in [6, 6.07) is 9.65. The number of anilines is 1. The zero-order chi connectivity index (χ0) is 15.7. The molecule has 116 valence electrons. The van der Waals surface area contributed by atoms with Gasteiger partial charge < -0.3 is 4.90 Å². The molecule has 1 saturated heterocycles. The van der Waals surface area contributed by atoms with Gasteiger partial charge in [0.05, 0.1) is 18.4 Å². The lowest BCUT2D eigenvalue weighted by atomic mass is 10.2. The summed E-state index contributed by atoms with van der Waals surface area (Å²) in [6.07, 6.45) is 2.80. The minimum Gasteiger partial charge on any atom is -0.308 e.